The summed E-state index contributed by atoms with van der Waals surface area (Å²) in [7, 11) is 1.44. The van der Waals surface area contributed by atoms with Crippen molar-refractivity contribution in [1.29, 1.82) is 0 Å². The van der Waals surface area contributed by atoms with Gasteiger partial charge in [0, 0.05) is 32.2 Å². The van der Waals surface area contributed by atoms with Crippen LogP contribution in [0.2, 0.25) is 0 Å². The highest BCUT2D eigenvalue weighted by atomic mass is 16.5. The molecule has 1 aromatic rings. The van der Waals surface area contributed by atoms with Crippen molar-refractivity contribution >= 4 is 17.5 Å². The van der Waals surface area contributed by atoms with E-state index in [0.717, 1.165) is 19.6 Å². The fraction of sp³-hybridized carbons (Fsp3) is 0.500. The molecule has 0 bridgehead atoms. The first kappa shape index (κ1) is 17.1. The summed E-state index contributed by atoms with van der Waals surface area (Å²) in [5, 5.41) is 12.6. The highest BCUT2D eigenvalue weighted by Gasteiger charge is 2.22. The van der Waals surface area contributed by atoms with Gasteiger partial charge in [-0.2, -0.15) is 0 Å². The number of piperazine rings is 1. The van der Waals surface area contributed by atoms with E-state index in [2.05, 4.69) is 17.1 Å². The number of phenolic OH excluding ortho intramolecular Hbond substituents is 1. The molecule has 0 spiro atoms. The van der Waals surface area contributed by atoms with Crippen molar-refractivity contribution in [1.82, 2.24) is 9.80 Å². The number of aromatic hydroxyl groups is 1. The predicted molar refractivity (Wildman–Crippen MR) is 87.4 cm³/mol. The van der Waals surface area contributed by atoms with Crippen LogP contribution in [0.1, 0.15) is 24.2 Å². The van der Waals surface area contributed by atoms with Crippen molar-refractivity contribution in [3.05, 3.63) is 17.7 Å². The van der Waals surface area contributed by atoms with E-state index in [1.165, 1.54) is 26.2 Å². The van der Waals surface area contributed by atoms with Crippen molar-refractivity contribution in [3.63, 3.8) is 0 Å². The smallest absolute Gasteiger partial charge is 0.322 e. The Hall–Kier alpha value is -2.28. The number of Topliss-reactive ketones (excluding diaryl/α,β-unsaturated/α-hetero) is 1. The maximum absolute atomic E-state index is 12.4. The summed E-state index contributed by atoms with van der Waals surface area (Å²) in [5.41, 5.74) is 0.523. The molecular weight excluding hydrogens is 298 g/mol. The third-order valence-corrected chi connectivity index (χ3v) is 4.05. The van der Waals surface area contributed by atoms with Gasteiger partial charge in [-0.15, -0.1) is 0 Å². The molecule has 7 heteroatoms. The predicted octanol–water partition coefficient (Wildman–Crippen LogP) is 1.77. The summed E-state index contributed by atoms with van der Waals surface area (Å²) in [6.45, 7) is 7.42. The number of ketones is 1. The average Bonchev–Trinajstić information content (AvgIpc) is 2.55. The zero-order valence-corrected chi connectivity index (χ0v) is 13.8. The number of carbonyl (C=O) groups excluding carboxylic acids is 2. The molecule has 0 aliphatic carbocycles. The maximum Gasteiger partial charge on any atom is 0.322 e. The molecule has 23 heavy (non-hydrogen) atoms. The Kier molecular flexibility index (Phi) is 5.44. The van der Waals surface area contributed by atoms with Gasteiger partial charge in [0.15, 0.2) is 5.78 Å². The number of phenols is 1. The van der Waals surface area contributed by atoms with Crippen molar-refractivity contribution in [2.45, 2.75) is 13.8 Å². The van der Waals surface area contributed by atoms with Gasteiger partial charge in [0.1, 0.15) is 11.5 Å². The topological polar surface area (TPSA) is 82.1 Å². The second-order valence-electron chi connectivity index (χ2n) is 5.48. The Labute approximate surface area is 135 Å². The van der Waals surface area contributed by atoms with E-state index in [1.807, 2.05) is 0 Å². The number of hydrogen-bond acceptors (Lipinski definition) is 5. The summed E-state index contributed by atoms with van der Waals surface area (Å²) in [5.74, 6) is -0.130. The lowest BCUT2D eigenvalue weighted by molar-refractivity contribution is 0.101. The SMILES string of the molecule is CCN1CCN(C(=O)Nc2cc(C(C)=O)c(O)cc2OC)CC1. The summed E-state index contributed by atoms with van der Waals surface area (Å²) >= 11 is 0. The van der Waals surface area contributed by atoms with Gasteiger partial charge in [-0.3, -0.25) is 4.79 Å². The van der Waals surface area contributed by atoms with Crippen LogP contribution in [0, 0.1) is 0 Å². The molecule has 1 aliphatic rings. The standard InChI is InChI=1S/C16H23N3O4/c1-4-18-5-7-19(8-6-18)16(22)17-13-9-12(11(2)20)14(21)10-15(13)23-3/h9-10,21H,4-8H2,1-3H3,(H,17,22). The van der Waals surface area contributed by atoms with Gasteiger partial charge in [0.25, 0.3) is 0 Å². The number of benzene rings is 1. The van der Waals surface area contributed by atoms with Crippen molar-refractivity contribution < 1.29 is 19.4 Å². The van der Waals surface area contributed by atoms with Crippen molar-refractivity contribution in [2.24, 2.45) is 0 Å². The van der Waals surface area contributed by atoms with Gasteiger partial charge < -0.3 is 25.0 Å². The van der Waals surface area contributed by atoms with Crippen LogP contribution >= 0.6 is 0 Å². The number of nitrogens with zero attached hydrogens (tertiary/aromatic N) is 2. The fourth-order valence-electron chi connectivity index (χ4n) is 2.58. The van der Waals surface area contributed by atoms with E-state index >= 15 is 0 Å². The Balaban J connectivity index is 2.14. The molecule has 0 aromatic heterocycles. The maximum atomic E-state index is 12.4. The van der Waals surface area contributed by atoms with Gasteiger partial charge in [-0.25, -0.2) is 4.79 Å². The Morgan fingerprint density at radius 3 is 2.43 bits per heavy atom. The van der Waals surface area contributed by atoms with Crippen molar-refractivity contribution in [2.75, 3.05) is 45.2 Å². The van der Waals surface area contributed by atoms with Crippen LogP contribution in [0.15, 0.2) is 12.1 Å². The van der Waals surface area contributed by atoms with Gasteiger partial charge >= 0.3 is 6.03 Å². The first-order valence-corrected chi connectivity index (χ1v) is 7.66. The van der Waals surface area contributed by atoms with Crippen LogP contribution in [0.25, 0.3) is 0 Å². The quantitative estimate of drug-likeness (QED) is 0.652. The number of hydrogen-bond donors (Lipinski definition) is 2. The lowest BCUT2D eigenvalue weighted by Gasteiger charge is -2.34. The average molecular weight is 321 g/mol. The molecule has 1 heterocycles. The molecule has 0 saturated carbocycles. The lowest BCUT2D eigenvalue weighted by Crippen LogP contribution is -2.49. The number of anilines is 1. The number of carbonyl (C=O) groups is 2. The molecule has 0 radical (unpaired) electrons. The van der Waals surface area contributed by atoms with Gasteiger partial charge in [-0.1, -0.05) is 6.92 Å². The van der Waals surface area contributed by atoms with Crippen LogP contribution in [0.4, 0.5) is 10.5 Å². The highest BCUT2D eigenvalue weighted by molar-refractivity contribution is 6.00. The molecule has 2 N–H and O–H groups in total. The summed E-state index contributed by atoms with van der Waals surface area (Å²) in [4.78, 5) is 27.9. The number of methoxy groups -OCH3 is 1. The first-order valence-electron chi connectivity index (χ1n) is 7.66. The fourth-order valence-corrected chi connectivity index (χ4v) is 2.58. The molecule has 1 aromatic carbocycles. The summed E-state index contributed by atoms with van der Waals surface area (Å²) in [6.07, 6.45) is 0. The largest absolute Gasteiger partial charge is 0.507 e. The normalized spacial score (nSPS) is 15.3. The molecule has 1 saturated heterocycles. The van der Waals surface area contributed by atoms with Gasteiger partial charge in [-0.05, 0) is 19.5 Å². The Morgan fingerprint density at radius 2 is 1.91 bits per heavy atom. The highest BCUT2D eigenvalue weighted by Crippen LogP contribution is 2.32. The second kappa shape index (κ2) is 7.32. The van der Waals surface area contributed by atoms with Crippen LogP contribution in [0.3, 0.4) is 0 Å². The third kappa shape index (κ3) is 3.92. The van der Waals surface area contributed by atoms with Crippen LogP contribution in [0.5, 0.6) is 11.5 Å². The number of likely N-dealkylation sites (N-methyl/N-ethyl adjacent to an activating group) is 1. The number of ether oxygens (including phenoxy) is 1. The minimum Gasteiger partial charge on any atom is -0.507 e. The lowest BCUT2D eigenvalue weighted by atomic mass is 10.1. The molecule has 0 unspecified atom stereocenters. The minimum atomic E-state index is -0.280. The number of urea groups is 1. The van der Waals surface area contributed by atoms with E-state index < -0.39 is 0 Å². The number of nitrogens with one attached hydrogen (secondary N) is 1. The molecule has 0 atom stereocenters. The van der Waals surface area contributed by atoms with Gasteiger partial charge in [0.05, 0.1) is 18.4 Å². The molecule has 2 amide bonds. The number of amides is 2. The molecule has 2 rings (SSSR count). The van der Waals surface area contributed by atoms with Crippen molar-refractivity contribution in [3.8, 4) is 11.5 Å². The molecule has 1 aliphatic heterocycles. The molecule has 126 valence electrons. The third-order valence-electron chi connectivity index (χ3n) is 4.05. The zero-order chi connectivity index (χ0) is 17.0. The van der Waals surface area contributed by atoms with E-state index in [4.69, 9.17) is 4.74 Å². The van der Waals surface area contributed by atoms with Crippen LogP contribution in [-0.2, 0) is 0 Å². The minimum absolute atomic E-state index is 0.150. The molecular formula is C16H23N3O4. The summed E-state index contributed by atoms with van der Waals surface area (Å²) in [6, 6.07) is 2.54. The Bertz CT molecular complexity index is 595. The van der Waals surface area contributed by atoms with Crippen LogP contribution in [-0.4, -0.2) is 66.6 Å². The van der Waals surface area contributed by atoms with E-state index in [1.54, 1.807) is 4.90 Å². The summed E-state index contributed by atoms with van der Waals surface area (Å²) < 4.78 is 5.17. The molecule has 7 nitrogen and oxygen atoms in total. The molecule has 1 fully saturated rings. The van der Waals surface area contributed by atoms with Gasteiger partial charge in [0.2, 0.25) is 0 Å². The monoisotopic (exact) mass is 321 g/mol. The second-order valence-corrected chi connectivity index (χ2v) is 5.48. The zero-order valence-electron chi connectivity index (χ0n) is 13.8. The number of rotatable bonds is 4. The first-order chi connectivity index (χ1) is 11.0. The Morgan fingerprint density at radius 1 is 1.26 bits per heavy atom. The van der Waals surface area contributed by atoms with E-state index in [0.29, 0.717) is 24.5 Å². The van der Waals surface area contributed by atoms with E-state index in [-0.39, 0.29) is 23.1 Å². The van der Waals surface area contributed by atoms with Crippen LogP contribution < -0.4 is 10.1 Å². The van der Waals surface area contributed by atoms with E-state index in [9.17, 15) is 14.7 Å².